The Morgan fingerprint density at radius 3 is 2.15 bits per heavy atom. The summed E-state index contributed by atoms with van der Waals surface area (Å²) in [5, 5.41) is 28.8. The summed E-state index contributed by atoms with van der Waals surface area (Å²) in [5.41, 5.74) is 0. The molecule has 0 spiro atoms. The molecule has 0 saturated carbocycles. The Bertz CT molecular complexity index is 256. The second kappa shape index (κ2) is 9.86. The monoisotopic (exact) mass is 314 g/mol. The molecule has 1 saturated heterocycles. The first kappa shape index (κ1) is 18.1. The van der Waals surface area contributed by atoms with Crippen LogP contribution in [0.2, 0.25) is 0 Å². The molecule has 0 aromatic rings. The highest BCUT2D eigenvalue weighted by atomic mass is 35.5. The fourth-order valence-corrected chi connectivity index (χ4v) is 1.86. The average molecular weight is 315 g/mol. The topological polar surface area (TPSA) is 97.6 Å². The normalized spacial score (nSPS) is 34.4. The smallest absolute Gasteiger partial charge is 0.186 e. The molecule has 7 nitrogen and oxygen atoms in total. The molecule has 1 unspecified atom stereocenters. The lowest BCUT2D eigenvalue weighted by Crippen LogP contribution is -2.57. The van der Waals surface area contributed by atoms with Gasteiger partial charge in [-0.15, -0.1) is 11.6 Å². The van der Waals surface area contributed by atoms with E-state index < -0.39 is 30.7 Å². The van der Waals surface area contributed by atoms with E-state index in [-0.39, 0.29) is 6.61 Å². The molecule has 1 heterocycles. The van der Waals surface area contributed by atoms with Crippen LogP contribution in [0.1, 0.15) is 6.92 Å². The van der Waals surface area contributed by atoms with Crippen molar-refractivity contribution in [2.45, 2.75) is 37.6 Å². The predicted molar refractivity (Wildman–Crippen MR) is 70.7 cm³/mol. The highest BCUT2D eigenvalue weighted by Gasteiger charge is 2.42. The number of rotatable bonds is 9. The first-order valence-electron chi connectivity index (χ1n) is 6.60. The van der Waals surface area contributed by atoms with Crippen molar-refractivity contribution in [3.05, 3.63) is 0 Å². The van der Waals surface area contributed by atoms with Crippen molar-refractivity contribution in [2.75, 3.05) is 38.9 Å². The van der Waals surface area contributed by atoms with Crippen molar-refractivity contribution in [1.29, 1.82) is 0 Å². The largest absolute Gasteiger partial charge is 0.388 e. The number of hydrogen-bond acceptors (Lipinski definition) is 7. The molecule has 0 radical (unpaired) electrons. The van der Waals surface area contributed by atoms with Crippen LogP contribution in [0.15, 0.2) is 0 Å². The lowest BCUT2D eigenvalue weighted by Gasteiger charge is -2.38. The molecule has 8 heteroatoms. The van der Waals surface area contributed by atoms with Gasteiger partial charge in [0.05, 0.1) is 39.1 Å². The molecule has 1 aliphatic heterocycles. The van der Waals surface area contributed by atoms with E-state index in [2.05, 4.69) is 0 Å². The maximum Gasteiger partial charge on any atom is 0.186 e. The quantitative estimate of drug-likeness (QED) is 0.375. The van der Waals surface area contributed by atoms with Crippen LogP contribution in [0.3, 0.4) is 0 Å². The summed E-state index contributed by atoms with van der Waals surface area (Å²) in [5.74, 6) is 0.451. The molecule has 1 rings (SSSR count). The van der Waals surface area contributed by atoms with Crippen molar-refractivity contribution in [3.63, 3.8) is 0 Å². The molecule has 5 atom stereocenters. The third kappa shape index (κ3) is 5.79. The number of aliphatic hydroxyl groups is 3. The van der Waals surface area contributed by atoms with Gasteiger partial charge in [-0.2, -0.15) is 0 Å². The fourth-order valence-electron chi connectivity index (χ4n) is 1.75. The minimum Gasteiger partial charge on any atom is -0.388 e. The van der Waals surface area contributed by atoms with Gasteiger partial charge in [0.1, 0.15) is 18.3 Å². The lowest BCUT2D eigenvalue weighted by molar-refractivity contribution is -0.294. The molecule has 1 fully saturated rings. The average Bonchev–Trinajstić information content (AvgIpc) is 2.44. The van der Waals surface area contributed by atoms with Crippen LogP contribution < -0.4 is 0 Å². The van der Waals surface area contributed by atoms with Crippen LogP contribution in [0, 0.1) is 0 Å². The molecule has 0 aromatic heterocycles. The van der Waals surface area contributed by atoms with Crippen LogP contribution in [0.25, 0.3) is 0 Å². The summed E-state index contributed by atoms with van der Waals surface area (Å²) in [7, 11) is 0. The Balaban J connectivity index is 2.09. The minimum atomic E-state index is -1.28. The highest BCUT2D eigenvalue weighted by molar-refractivity contribution is 6.17. The zero-order valence-electron chi connectivity index (χ0n) is 11.5. The zero-order chi connectivity index (χ0) is 15.0. The summed E-state index contributed by atoms with van der Waals surface area (Å²) >= 11 is 5.44. The zero-order valence-corrected chi connectivity index (χ0v) is 12.2. The first-order chi connectivity index (χ1) is 9.57. The van der Waals surface area contributed by atoms with Gasteiger partial charge >= 0.3 is 0 Å². The van der Waals surface area contributed by atoms with Crippen LogP contribution in [0.4, 0.5) is 0 Å². The maximum atomic E-state index is 9.69. The van der Waals surface area contributed by atoms with Gasteiger partial charge in [-0.25, -0.2) is 0 Å². The Morgan fingerprint density at radius 1 is 0.900 bits per heavy atom. The second-order valence-electron chi connectivity index (χ2n) is 4.47. The first-order valence-corrected chi connectivity index (χ1v) is 7.14. The van der Waals surface area contributed by atoms with Gasteiger partial charge in [-0.1, -0.05) is 0 Å². The van der Waals surface area contributed by atoms with E-state index in [4.69, 9.17) is 30.5 Å². The van der Waals surface area contributed by atoms with Gasteiger partial charge in [0, 0.05) is 5.88 Å². The van der Waals surface area contributed by atoms with Crippen molar-refractivity contribution < 1.29 is 34.3 Å². The van der Waals surface area contributed by atoms with Crippen molar-refractivity contribution in [2.24, 2.45) is 0 Å². The van der Waals surface area contributed by atoms with E-state index in [9.17, 15) is 15.3 Å². The van der Waals surface area contributed by atoms with E-state index in [0.717, 1.165) is 0 Å². The molecular weight excluding hydrogens is 292 g/mol. The molecule has 0 amide bonds. The summed E-state index contributed by atoms with van der Waals surface area (Å²) in [6, 6.07) is 0. The third-order valence-corrected chi connectivity index (χ3v) is 3.07. The summed E-state index contributed by atoms with van der Waals surface area (Å²) in [6.07, 6.45) is -5.27. The molecule has 20 heavy (non-hydrogen) atoms. The van der Waals surface area contributed by atoms with Gasteiger partial charge in [0.2, 0.25) is 0 Å². The van der Waals surface area contributed by atoms with E-state index in [0.29, 0.717) is 32.3 Å². The number of ether oxygens (including phenoxy) is 4. The third-order valence-electron chi connectivity index (χ3n) is 2.91. The van der Waals surface area contributed by atoms with E-state index in [1.165, 1.54) is 0 Å². The molecule has 3 N–H and O–H groups in total. The number of alkyl halides is 1. The minimum absolute atomic E-state index is 0.201. The maximum absolute atomic E-state index is 9.69. The van der Waals surface area contributed by atoms with Crippen LogP contribution in [0.5, 0.6) is 0 Å². The Morgan fingerprint density at radius 2 is 1.50 bits per heavy atom. The summed E-state index contributed by atoms with van der Waals surface area (Å²) in [4.78, 5) is 0. The van der Waals surface area contributed by atoms with Crippen molar-refractivity contribution in [3.8, 4) is 0 Å². The Labute approximate surface area is 123 Å². The van der Waals surface area contributed by atoms with Crippen molar-refractivity contribution >= 4 is 11.6 Å². The van der Waals surface area contributed by atoms with Crippen LogP contribution in [-0.4, -0.2) is 84.9 Å². The number of hydrogen-bond donors (Lipinski definition) is 3. The highest BCUT2D eigenvalue weighted by Crippen LogP contribution is 2.21. The fraction of sp³-hybridized carbons (Fsp3) is 1.00. The Kier molecular flexibility index (Phi) is 8.90. The van der Waals surface area contributed by atoms with E-state index >= 15 is 0 Å². The molecular formula is C12H23ClO7. The van der Waals surface area contributed by atoms with Crippen LogP contribution >= 0.6 is 11.6 Å². The van der Waals surface area contributed by atoms with Gasteiger partial charge in [-0.05, 0) is 6.92 Å². The van der Waals surface area contributed by atoms with E-state index in [1.54, 1.807) is 6.92 Å². The van der Waals surface area contributed by atoms with Gasteiger partial charge in [0.25, 0.3) is 0 Å². The molecule has 120 valence electrons. The van der Waals surface area contributed by atoms with Gasteiger partial charge in [-0.3, -0.25) is 0 Å². The van der Waals surface area contributed by atoms with Gasteiger partial charge < -0.3 is 34.3 Å². The molecule has 0 aromatic carbocycles. The lowest BCUT2D eigenvalue weighted by atomic mass is 10.0. The molecule has 0 bridgehead atoms. The van der Waals surface area contributed by atoms with Crippen molar-refractivity contribution in [1.82, 2.24) is 0 Å². The van der Waals surface area contributed by atoms with E-state index in [1.807, 2.05) is 0 Å². The standard InChI is InChI=1S/C12H23ClO7/c1-8-9(14)10(15)11(16)12(20-8)19-7-6-18-5-4-17-3-2-13/h8-12,14-16H,2-7H2,1H3/t8-,9+,10+,11-,12?/m0/s1. The van der Waals surface area contributed by atoms with Crippen LogP contribution in [-0.2, 0) is 18.9 Å². The predicted octanol–water partition coefficient (Wildman–Crippen LogP) is -0.897. The summed E-state index contributed by atoms with van der Waals surface area (Å²) < 4.78 is 20.9. The van der Waals surface area contributed by atoms with Gasteiger partial charge in [0.15, 0.2) is 6.29 Å². The summed E-state index contributed by atoms with van der Waals surface area (Å²) in [6.45, 7) is 3.47. The number of halogens is 1. The molecule has 0 aliphatic carbocycles. The Hall–Kier alpha value is 0.01000. The molecule has 1 aliphatic rings. The number of aliphatic hydroxyl groups excluding tert-OH is 3. The second-order valence-corrected chi connectivity index (χ2v) is 4.84. The SMILES string of the molecule is C[C@@H]1OC(OCCOCCOCCCl)[C@@H](O)[C@H](O)[C@@H]1O.